The minimum atomic E-state index is -1.20. The van der Waals surface area contributed by atoms with Crippen LogP contribution in [0.4, 0.5) is 11.4 Å². The van der Waals surface area contributed by atoms with Crippen LogP contribution in [0, 0.1) is 0 Å². The zero-order chi connectivity index (χ0) is 14.7. The van der Waals surface area contributed by atoms with Crippen molar-refractivity contribution in [2.75, 3.05) is 12.4 Å². The summed E-state index contributed by atoms with van der Waals surface area (Å²) in [5, 5.41) is 19.2. The molecular formula is C12H9BrClN3O3. The number of halogens is 2. The molecular weight excluding hydrogens is 350 g/mol. The molecule has 0 bridgehead atoms. The first-order valence-corrected chi connectivity index (χ1v) is 6.56. The van der Waals surface area contributed by atoms with Crippen LogP contribution < -0.4 is 10.1 Å². The van der Waals surface area contributed by atoms with E-state index in [4.69, 9.17) is 21.4 Å². The smallest absolute Gasteiger partial charge is 0.358 e. The molecule has 0 amide bonds. The fourth-order valence-electron chi connectivity index (χ4n) is 1.58. The standard InChI is InChI=1S/C12H9BrClN3O3/c1-20-11-6(13)3-2-4-7(11)15-8-5-9(14)16-17-10(8)12(18)19/h2-5H,1H3,(H,15,16)(H,18,19). The van der Waals surface area contributed by atoms with Crippen LogP contribution in [0.1, 0.15) is 10.5 Å². The molecule has 1 heterocycles. The van der Waals surface area contributed by atoms with Gasteiger partial charge in [-0.05, 0) is 28.1 Å². The first kappa shape index (κ1) is 14.5. The van der Waals surface area contributed by atoms with Crippen molar-refractivity contribution in [2.24, 2.45) is 0 Å². The molecule has 2 aromatic rings. The average Bonchev–Trinajstić information content (AvgIpc) is 2.38. The number of hydrogen-bond donors (Lipinski definition) is 2. The van der Waals surface area contributed by atoms with Crippen molar-refractivity contribution in [1.29, 1.82) is 0 Å². The van der Waals surface area contributed by atoms with Gasteiger partial charge in [-0.3, -0.25) is 0 Å². The van der Waals surface area contributed by atoms with E-state index in [9.17, 15) is 4.79 Å². The lowest BCUT2D eigenvalue weighted by Gasteiger charge is -2.13. The van der Waals surface area contributed by atoms with E-state index in [2.05, 4.69) is 31.4 Å². The molecule has 0 saturated heterocycles. The van der Waals surface area contributed by atoms with Crippen molar-refractivity contribution in [1.82, 2.24) is 10.2 Å². The van der Waals surface area contributed by atoms with Crippen molar-refractivity contribution in [2.45, 2.75) is 0 Å². The summed E-state index contributed by atoms with van der Waals surface area (Å²) in [4.78, 5) is 11.1. The van der Waals surface area contributed by atoms with E-state index in [1.807, 2.05) is 0 Å². The van der Waals surface area contributed by atoms with Crippen LogP contribution in [-0.4, -0.2) is 28.4 Å². The summed E-state index contributed by atoms with van der Waals surface area (Å²) in [7, 11) is 1.52. The fraction of sp³-hybridized carbons (Fsp3) is 0.0833. The number of anilines is 2. The largest absolute Gasteiger partial charge is 0.493 e. The van der Waals surface area contributed by atoms with E-state index in [0.29, 0.717) is 11.4 Å². The van der Waals surface area contributed by atoms with E-state index in [0.717, 1.165) is 4.47 Å². The minimum Gasteiger partial charge on any atom is -0.493 e. The number of rotatable bonds is 4. The average molecular weight is 359 g/mol. The minimum absolute atomic E-state index is 0.0893. The second-order valence-corrected chi connectivity index (χ2v) is 4.92. The van der Waals surface area contributed by atoms with Crippen molar-refractivity contribution in [3.8, 4) is 5.75 Å². The summed E-state index contributed by atoms with van der Waals surface area (Å²) in [6.45, 7) is 0. The number of aromatic carboxylic acids is 1. The monoisotopic (exact) mass is 357 g/mol. The molecule has 0 saturated carbocycles. The maximum Gasteiger partial charge on any atom is 0.358 e. The number of nitrogens with zero attached hydrogens (tertiary/aromatic N) is 2. The predicted octanol–water partition coefficient (Wildman–Crippen LogP) is 3.34. The van der Waals surface area contributed by atoms with Crippen molar-refractivity contribution in [3.63, 3.8) is 0 Å². The highest BCUT2D eigenvalue weighted by Gasteiger charge is 2.16. The van der Waals surface area contributed by atoms with Crippen molar-refractivity contribution >= 4 is 44.9 Å². The first-order valence-electron chi connectivity index (χ1n) is 5.39. The third-order valence-electron chi connectivity index (χ3n) is 2.41. The molecule has 0 radical (unpaired) electrons. The third-order valence-corrected chi connectivity index (χ3v) is 3.22. The number of hydrogen-bond acceptors (Lipinski definition) is 5. The molecule has 1 aromatic carbocycles. The van der Waals surface area contributed by atoms with E-state index in [1.165, 1.54) is 13.2 Å². The number of para-hydroxylation sites is 1. The van der Waals surface area contributed by atoms with Crippen LogP contribution >= 0.6 is 27.5 Å². The van der Waals surface area contributed by atoms with Gasteiger partial charge >= 0.3 is 5.97 Å². The summed E-state index contributed by atoms with van der Waals surface area (Å²) in [5.74, 6) is -0.664. The SMILES string of the molecule is COc1c(Br)cccc1Nc1cc(Cl)nnc1C(=O)O. The van der Waals surface area contributed by atoms with Gasteiger partial charge in [-0.15, -0.1) is 10.2 Å². The number of ether oxygens (including phenoxy) is 1. The van der Waals surface area contributed by atoms with Gasteiger partial charge in [0.25, 0.3) is 0 Å². The lowest BCUT2D eigenvalue weighted by molar-refractivity contribution is 0.0690. The number of aromatic nitrogens is 2. The van der Waals surface area contributed by atoms with Crippen LogP contribution in [0.3, 0.4) is 0 Å². The molecule has 0 unspecified atom stereocenters. The van der Waals surface area contributed by atoms with Gasteiger partial charge in [-0.25, -0.2) is 4.79 Å². The van der Waals surface area contributed by atoms with Gasteiger partial charge in [0.2, 0.25) is 0 Å². The number of carboxylic acids is 1. The van der Waals surface area contributed by atoms with Crippen LogP contribution in [0.25, 0.3) is 0 Å². The van der Waals surface area contributed by atoms with Crippen molar-refractivity contribution < 1.29 is 14.6 Å². The molecule has 0 aliphatic carbocycles. The van der Waals surface area contributed by atoms with Crippen LogP contribution in [-0.2, 0) is 0 Å². The van der Waals surface area contributed by atoms with E-state index >= 15 is 0 Å². The molecule has 6 nitrogen and oxygen atoms in total. The highest BCUT2D eigenvalue weighted by molar-refractivity contribution is 9.10. The number of nitrogens with one attached hydrogen (secondary N) is 1. The number of methoxy groups -OCH3 is 1. The van der Waals surface area contributed by atoms with Crippen LogP contribution in [0.2, 0.25) is 5.15 Å². The number of benzene rings is 1. The van der Waals surface area contributed by atoms with Gasteiger partial charge < -0.3 is 15.2 Å². The molecule has 0 fully saturated rings. The second-order valence-electron chi connectivity index (χ2n) is 3.68. The molecule has 2 N–H and O–H groups in total. The lowest BCUT2D eigenvalue weighted by Crippen LogP contribution is -2.07. The lowest BCUT2D eigenvalue weighted by atomic mass is 10.2. The van der Waals surface area contributed by atoms with Gasteiger partial charge in [-0.2, -0.15) is 0 Å². The molecule has 0 aliphatic heterocycles. The molecule has 0 atom stereocenters. The zero-order valence-electron chi connectivity index (χ0n) is 10.2. The summed E-state index contributed by atoms with van der Waals surface area (Å²) < 4.78 is 5.98. The second kappa shape index (κ2) is 6.06. The van der Waals surface area contributed by atoms with E-state index in [-0.39, 0.29) is 16.5 Å². The Morgan fingerprint density at radius 3 is 2.80 bits per heavy atom. The summed E-state index contributed by atoms with van der Waals surface area (Å²) in [6.07, 6.45) is 0. The number of carbonyl (C=O) groups is 1. The van der Waals surface area contributed by atoms with Crippen LogP contribution in [0.5, 0.6) is 5.75 Å². The van der Waals surface area contributed by atoms with Crippen LogP contribution in [0.15, 0.2) is 28.7 Å². The first-order chi connectivity index (χ1) is 9.52. The number of carboxylic acid groups (broad SMARTS) is 1. The van der Waals surface area contributed by atoms with Gasteiger partial charge in [0.05, 0.1) is 23.0 Å². The van der Waals surface area contributed by atoms with Gasteiger partial charge in [-0.1, -0.05) is 17.7 Å². The van der Waals surface area contributed by atoms with E-state index < -0.39 is 5.97 Å². The van der Waals surface area contributed by atoms with Gasteiger partial charge in [0.1, 0.15) is 0 Å². The van der Waals surface area contributed by atoms with Gasteiger partial charge in [0, 0.05) is 6.07 Å². The third kappa shape index (κ3) is 3.00. The predicted molar refractivity (Wildman–Crippen MR) is 78.0 cm³/mol. The van der Waals surface area contributed by atoms with E-state index in [1.54, 1.807) is 18.2 Å². The Morgan fingerprint density at radius 1 is 1.40 bits per heavy atom. The molecule has 8 heteroatoms. The fourth-order valence-corrected chi connectivity index (χ4v) is 2.26. The normalized spacial score (nSPS) is 10.2. The molecule has 20 heavy (non-hydrogen) atoms. The molecule has 0 spiro atoms. The van der Waals surface area contributed by atoms with Crippen molar-refractivity contribution in [3.05, 3.63) is 39.6 Å². The highest BCUT2D eigenvalue weighted by Crippen LogP contribution is 2.35. The summed E-state index contributed by atoms with van der Waals surface area (Å²) >= 11 is 9.09. The Labute approximate surface area is 127 Å². The Balaban J connectivity index is 2.47. The zero-order valence-corrected chi connectivity index (χ0v) is 12.6. The Morgan fingerprint density at radius 2 is 2.15 bits per heavy atom. The highest BCUT2D eigenvalue weighted by atomic mass is 79.9. The Bertz CT molecular complexity index is 666. The Kier molecular flexibility index (Phi) is 4.41. The summed E-state index contributed by atoms with van der Waals surface area (Å²) in [5.41, 5.74) is 0.582. The quantitative estimate of drug-likeness (QED) is 0.872. The Hall–Kier alpha value is -1.86. The molecule has 1 aromatic heterocycles. The maximum absolute atomic E-state index is 11.1. The topological polar surface area (TPSA) is 84.3 Å². The maximum atomic E-state index is 11.1. The molecule has 0 aliphatic rings. The van der Waals surface area contributed by atoms with Gasteiger partial charge in [0.15, 0.2) is 16.6 Å². The summed E-state index contributed by atoms with van der Waals surface area (Å²) in [6, 6.07) is 6.72. The molecule has 2 rings (SSSR count). The molecule has 104 valence electrons.